The monoisotopic (exact) mass is 424 g/mol. The van der Waals surface area contributed by atoms with E-state index in [1.807, 2.05) is 13.0 Å². The molecule has 5 N–H and O–H groups in total. The number of benzene rings is 2. The number of nitrogens with one attached hydrogen (secondary N) is 3. The fourth-order valence-electron chi connectivity index (χ4n) is 3.92. The van der Waals surface area contributed by atoms with Gasteiger partial charge in [-0.3, -0.25) is 15.2 Å². The number of amides is 1. The number of pyridine rings is 1. The maximum Gasteiger partial charge on any atom is 0.287 e. The number of hydrogen-bond acceptors (Lipinski definition) is 5. The third-order valence-electron chi connectivity index (χ3n) is 5.91. The first-order valence-corrected chi connectivity index (χ1v) is 10.7. The summed E-state index contributed by atoms with van der Waals surface area (Å²) < 4.78 is 0. The Morgan fingerprint density at radius 3 is 2.72 bits per heavy atom. The predicted molar refractivity (Wildman–Crippen MR) is 125 cm³/mol. The van der Waals surface area contributed by atoms with Crippen molar-refractivity contribution in [1.29, 1.82) is 5.41 Å². The number of rotatable bonds is 6. The van der Waals surface area contributed by atoms with E-state index in [0.29, 0.717) is 33.8 Å². The second-order valence-electron chi connectivity index (χ2n) is 8.29. The average Bonchev–Trinajstić information content (AvgIpc) is 3.58. The third kappa shape index (κ3) is 3.85. The van der Waals surface area contributed by atoms with Crippen LogP contribution in [0.5, 0.6) is 0 Å². The summed E-state index contributed by atoms with van der Waals surface area (Å²) in [4.78, 5) is 24.4. The van der Waals surface area contributed by atoms with Crippen LogP contribution in [0.15, 0.2) is 60.9 Å². The van der Waals surface area contributed by atoms with Crippen LogP contribution in [0, 0.1) is 5.41 Å². The van der Waals surface area contributed by atoms with Gasteiger partial charge >= 0.3 is 0 Å². The van der Waals surface area contributed by atoms with Crippen LogP contribution in [0.4, 0.5) is 5.69 Å². The lowest BCUT2D eigenvalue weighted by Crippen LogP contribution is -2.27. The molecule has 4 aromatic rings. The van der Waals surface area contributed by atoms with Gasteiger partial charge in [-0.25, -0.2) is 4.98 Å². The van der Waals surface area contributed by atoms with Crippen LogP contribution in [-0.2, 0) is 0 Å². The highest BCUT2D eigenvalue weighted by molar-refractivity contribution is 6.15. The van der Waals surface area contributed by atoms with Crippen molar-refractivity contribution in [2.24, 2.45) is 0 Å². The lowest BCUT2D eigenvalue weighted by molar-refractivity contribution is 0.0930. The Morgan fingerprint density at radius 1 is 1.19 bits per heavy atom. The van der Waals surface area contributed by atoms with Crippen LogP contribution in [0.1, 0.15) is 64.6 Å². The number of anilines is 1. The molecule has 1 fully saturated rings. The number of fused-ring (bicyclic) bond motifs is 1. The number of aromatic nitrogens is 3. The van der Waals surface area contributed by atoms with Crippen molar-refractivity contribution in [2.45, 2.75) is 31.7 Å². The van der Waals surface area contributed by atoms with E-state index in [9.17, 15) is 4.79 Å². The fourth-order valence-corrected chi connectivity index (χ4v) is 3.92. The molecule has 1 saturated carbocycles. The number of nitrogens with two attached hydrogens (primary N) is 1. The van der Waals surface area contributed by atoms with Gasteiger partial charge in [0.25, 0.3) is 5.91 Å². The highest BCUT2D eigenvalue weighted by Crippen LogP contribution is 2.40. The molecule has 0 aliphatic heterocycles. The molecule has 5 rings (SSSR count). The summed E-state index contributed by atoms with van der Waals surface area (Å²) in [6, 6.07) is 15.2. The van der Waals surface area contributed by atoms with E-state index in [1.165, 1.54) is 18.4 Å². The molecule has 1 atom stereocenters. The minimum atomic E-state index is -0.283. The maximum absolute atomic E-state index is 12.9. The van der Waals surface area contributed by atoms with Crippen LogP contribution >= 0.6 is 0 Å². The SMILES string of the molecule is CC(NC(=O)c1nc2cc(C(=N)c3ccncc3)c(N)cc2[nH]1)c1cccc(C2CC2)c1. The van der Waals surface area contributed by atoms with E-state index in [0.717, 1.165) is 5.56 Å². The van der Waals surface area contributed by atoms with E-state index in [-0.39, 0.29) is 23.5 Å². The number of imidazole rings is 1. The van der Waals surface area contributed by atoms with E-state index in [2.05, 4.69) is 38.5 Å². The lowest BCUT2D eigenvalue weighted by Gasteiger charge is -2.14. The molecule has 1 aliphatic rings. The maximum atomic E-state index is 12.9. The van der Waals surface area contributed by atoms with Crippen molar-refractivity contribution < 1.29 is 4.79 Å². The summed E-state index contributed by atoms with van der Waals surface area (Å²) in [6.07, 6.45) is 5.76. The molecule has 160 valence electrons. The van der Waals surface area contributed by atoms with Crippen molar-refractivity contribution in [3.05, 3.63) is 89.0 Å². The van der Waals surface area contributed by atoms with Gasteiger partial charge in [0.1, 0.15) is 0 Å². The Kier molecular flexibility index (Phi) is 4.93. The number of carbonyl (C=O) groups is 1. The Bertz CT molecular complexity index is 1320. The molecule has 32 heavy (non-hydrogen) atoms. The van der Waals surface area contributed by atoms with Crippen LogP contribution in [0.3, 0.4) is 0 Å². The Morgan fingerprint density at radius 2 is 1.97 bits per heavy atom. The van der Waals surface area contributed by atoms with Gasteiger partial charge in [0, 0.05) is 29.2 Å². The zero-order valence-corrected chi connectivity index (χ0v) is 17.7. The normalized spacial score (nSPS) is 14.3. The van der Waals surface area contributed by atoms with Crippen molar-refractivity contribution in [1.82, 2.24) is 20.3 Å². The standard InChI is InChI=1S/C25H24N6O/c1-14(17-3-2-4-18(11-17)15-5-6-15)29-25(32)24-30-21-12-19(20(26)13-22(21)31-24)23(27)16-7-9-28-10-8-16/h2-4,7-15,27H,5-6,26H2,1H3,(H,29,32)(H,30,31). The van der Waals surface area contributed by atoms with E-state index < -0.39 is 0 Å². The van der Waals surface area contributed by atoms with Crippen molar-refractivity contribution in [2.75, 3.05) is 5.73 Å². The van der Waals surface area contributed by atoms with E-state index >= 15 is 0 Å². The first kappa shape index (κ1) is 19.9. The van der Waals surface area contributed by atoms with Gasteiger partial charge in [-0.05, 0) is 61.1 Å². The number of nitrogens with zero attached hydrogens (tertiary/aromatic N) is 2. The summed E-state index contributed by atoms with van der Waals surface area (Å²) in [5.41, 5.74) is 11.9. The first-order valence-electron chi connectivity index (χ1n) is 10.7. The number of H-pyrrole nitrogens is 1. The molecular weight excluding hydrogens is 400 g/mol. The van der Waals surface area contributed by atoms with Crippen molar-refractivity contribution in [3.8, 4) is 0 Å². The second kappa shape index (κ2) is 7.92. The van der Waals surface area contributed by atoms with Crippen LogP contribution < -0.4 is 11.1 Å². The van der Waals surface area contributed by atoms with Gasteiger partial charge in [0.2, 0.25) is 0 Å². The summed E-state index contributed by atoms with van der Waals surface area (Å²) in [6.45, 7) is 1.97. The number of hydrogen-bond donors (Lipinski definition) is 4. The van der Waals surface area contributed by atoms with Crippen LogP contribution in [0.2, 0.25) is 0 Å². The number of nitrogen functional groups attached to an aromatic ring is 1. The quantitative estimate of drug-likeness (QED) is 0.272. The Labute approximate surface area is 185 Å². The van der Waals surface area contributed by atoms with Gasteiger partial charge in [0.15, 0.2) is 5.82 Å². The molecule has 0 spiro atoms. The molecule has 2 aromatic carbocycles. The minimum Gasteiger partial charge on any atom is -0.398 e. The molecule has 0 radical (unpaired) electrons. The molecule has 1 aliphatic carbocycles. The topological polar surface area (TPSA) is 121 Å². The highest BCUT2D eigenvalue weighted by Gasteiger charge is 2.24. The smallest absolute Gasteiger partial charge is 0.287 e. The zero-order valence-electron chi connectivity index (χ0n) is 17.7. The van der Waals surface area contributed by atoms with E-state index in [4.69, 9.17) is 11.1 Å². The molecule has 2 heterocycles. The van der Waals surface area contributed by atoms with Crippen molar-refractivity contribution >= 4 is 28.3 Å². The molecule has 0 saturated heterocycles. The molecule has 7 heteroatoms. The average molecular weight is 425 g/mol. The number of carbonyl (C=O) groups excluding carboxylic acids is 1. The lowest BCUT2D eigenvalue weighted by atomic mass is 10.0. The predicted octanol–water partition coefficient (Wildman–Crippen LogP) is 4.32. The largest absolute Gasteiger partial charge is 0.398 e. The van der Waals surface area contributed by atoms with Gasteiger partial charge in [0.05, 0.1) is 22.8 Å². The summed E-state index contributed by atoms with van der Waals surface area (Å²) in [5.74, 6) is 0.603. The van der Waals surface area contributed by atoms with Gasteiger partial charge in [-0.2, -0.15) is 0 Å². The van der Waals surface area contributed by atoms with Gasteiger partial charge < -0.3 is 16.0 Å². The molecule has 7 nitrogen and oxygen atoms in total. The summed E-state index contributed by atoms with van der Waals surface area (Å²) >= 11 is 0. The fraction of sp³-hybridized carbons (Fsp3) is 0.200. The molecule has 2 aromatic heterocycles. The van der Waals surface area contributed by atoms with Crippen LogP contribution in [0.25, 0.3) is 11.0 Å². The molecular formula is C25H24N6O. The molecule has 0 bridgehead atoms. The third-order valence-corrected chi connectivity index (χ3v) is 5.91. The summed E-state index contributed by atoms with van der Waals surface area (Å²) in [5, 5.41) is 11.5. The summed E-state index contributed by atoms with van der Waals surface area (Å²) in [7, 11) is 0. The van der Waals surface area contributed by atoms with Crippen molar-refractivity contribution in [3.63, 3.8) is 0 Å². The molecule has 1 unspecified atom stereocenters. The van der Waals surface area contributed by atoms with Gasteiger partial charge in [-0.1, -0.05) is 24.3 Å². The minimum absolute atomic E-state index is 0.144. The van der Waals surface area contributed by atoms with Crippen LogP contribution in [-0.4, -0.2) is 26.6 Å². The Balaban J connectivity index is 1.38. The highest BCUT2D eigenvalue weighted by atomic mass is 16.2. The van der Waals surface area contributed by atoms with Gasteiger partial charge in [-0.15, -0.1) is 0 Å². The Hall–Kier alpha value is -4.00. The second-order valence-corrected chi connectivity index (χ2v) is 8.29. The van der Waals surface area contributed by atoms with E-state index in [1.54, 1.807) is 36.7 Å². The zero-order chi connectivity index (χ0) is 22.2. The molecule has 1 amide bonds. The first-order chi connectivity index (χ1) is 15.5. The number of aromatic amines is 1.